The van der Waals surface area contributed by atoms with Crippen molar-refractivity contribution >= 4 is 0 Å². The zero-order valence-electron chi connectivity index (χ0n) is 10.4. The molecule has 4 atom stereocenters. The molecule has 0 amide bonds. The van der Waals surface area contributed by atoms with E-state index in [1.807, 2.05) is 0 Å². The molecule has 1 aliphatic heterocycles. The molecule has 0 aromatic carbocycles. The molecule has 2 fully saturated rings. The van der Waals surface area contributed by atoms with Crippen LogP contribution in [0.1, 0.15) is 51.9 Å². The number of aliphatic hydroxyl groups excluding tert-OH is 1. The molecular weight excluding hydrogens is 200 g/mol. The van der Waals surface area contributed by atoms with Gasteiger partial charge in [-0.15, -0.1) is 0 Å². The van der Waals surface area contributed by atoms with Crippen molar-refractivity contribution in [1.82, 2.24) is 10.6 Å². The summed E-state index contributed by atoms with van der Waals surface area (Å²) in [5.41, 5.74) is 0. The summed E-state index contributed by atoms with van der Waals surface area (Å²) in [6.45, 7) is 3.47. The van der Waals surface area contributed by atoms with E-state index in [4.69, 9.17) is 0 Å². The monoisotopic (exact) mass is 226 g/mol. The van der Waals surface area contributed by atoms with Crippen molar-refractivity contribution < 1.29 is 5.11 Å². The van der Waals surface area contributed by atoms with Gasteiger partial charge in [0.05, 0.1) is 6.10 Å². The maximum absolute atomic E-state index is 9.62. The van der Waals surface area contributed by atoms with Crippen molar-refractivity contribution in [2.45, 2.75) is 76.1 Å². The Hall–Kier alpha value is -0.120. The van der Waals surface area contributed by atoms with Crippen LogP contribution in [-0.2, 0) is 0 Å². The van der Waals surface area contributed by atoms with Crippen LogP contribution < -0.4 is 10.6 Å². The Bertz CT molecular complexity index is 204. The number of aliphatic hydroxyl groups is 1. The van der Waals surface area contributed by atoms with Crippen LogP contribution in [0.2, 0.25) is 0 Å². The third kappa shape index (κ3) is 3.72. The Balaban J connectivity index is 1.67. The van der Waals surface area contributed by atoms with E-state index in [-0.39, 0.29) is 6.10 Å². The normalized spacial score (nSPS) is 37.5. The highest BCUT2D eigenvalue weighted by molar-refractivity contribution is 4.83. The van der Waals surface area contributed by atoms with Gasteiger partial charge in [0.2, 0.25) is 0 Å². The largest absolute Gasteiger partial charge is 0.393 e. The first-order chi connectivity index (χ1) is 7.74. The molecule has 3 N–H and O–H groups in total. The SMILES string of the molecule is CC(CC1CCCN1)NC1CCCC(O)C1. The Labute approximate surface area is 99.0 Å². The van der Waals surface area contributed by atoms with Gasteiger partial charge in [-0.25, -0.2) is 0 Å². The Kier molecular flexibility index (Phi) is 4.62. The smallest absolute Gasteiger partial charge is 0.0555 e. The summed E-state index contributed by atoms with van der Waals surface area (Å²) in [7, 11) is 0. The molecule has 1 saturated carbocycles. The average molecular weight is 226 g/mol. The minimum absolute atomic E-state index is 0.0666. The summed E-state index contributed by atoms with van der Waals surface area (Å²) in [6, 6.07) is 1.84. The van der Waals surface area contributed by atoms with Crippen LogP contribution in [0.15, 0.2) is 0 Å². The molecule has 2 aliphatic rings. The van der Waals surface area contributed by atoms with Crippen molar-refractivity contribution in [3.05, 3.63) is 0 Å². The minimum Gasteiger partial charge on any atom is -0.393 e. The summed E-state index contributed by atoms with van der Waals surface area (Å²) in [5.74, 6) is 0. The van der Waals surface area contributed by atoms with E-state index >= 15 is 0 Å². The van der Waals surface area contributed by atoms with E-state index in [2.05, 4.69) is 17.6 Å². The molecule has 1 saturated heterocycles. The fraction of sp³-hybridized carbons (Fsp3) is 1.00. The zero-order chi connectivity index (χ0) is 11.4. The fourth-order valence-corrected chi connectivity index (χ4v) is 3.17. The van der Waals surface area contributed by atoms with Crippen LogP contribution in [0.3, 0.4) is 0 Å². The van der Waals surface area contributed by atoms with Crippen LogP contribution in [-0.4, -0.2) is 35.9 Å². The molecule has 2 rings (SSSR count). The maximum atomic E-state index is 9.62. The van der Waals surface area contributed by atoms with Gasteiger partial charge in [0.25, 0.3) is 0 Å². The number of hydrogen-bond acceptors (Lipinski definition) is 3. The van der Waals surface area contributed by atoms with Crippen LogP contribution >= 0.6 is 0 Å². The molecule has 3 nitrogen and oxygen atoms in total. The van der Waals surface area contributed by atoms with Crippen molar-refractivity contribution in [1.29, 1.82) is 0 Å². The van der Waals surface area contributed by atoms with Crippen LogP contribution in [0.4, 0.5) is 0 Å². The lowest BCUT2D eigenvalue weighted by Gasteiger charge is -2.30. The predicted molar refractivity (Wildman–Crippen MR) is 66.5 cm³/mol. The van der Waals surface area contributed by atoms with Crippen molar-refractivity contribution in [2.75, 3.05) is 6.54 Å². The summed E-state index contributed by atoms with van der Waals surface area (Å²) < 4.78 is 0. The lowest BCUT2D eigenvalue weighted by Crippen LogP contribution is -2.43. The van der Waals surface area contributed by atoms with Crippen molar-refractivity contribution in [2.24, 2.45) is 0 Å². The number of hydrogen-bond donors (Lipinski definition) is 3. The van der Waals surface area contributed by atoms with Gasteiger partial charge in [0, 0.05) is 18.1 Å². The van der Waals surface area contributed by atoms with E-state index in [1.54, 1.807) is 0 Å². The van der Waals surface area contributed by atoms with E-state index in [1.165, 1.54) is 38.6 Å². The fourth-order valence-electron chi connectivity index (χ4n) is 3.17. The Morgan fingerprint density at radius 2 is 2.19 bits per heavy atom. The lowest BCUT2D eigenvalue weighted by atomic mass is 9.92. The van der Waals surface area contributed by atoms with Gasteiger partial charge in [0.1, 0.15) is 0 Å². The van der Waals surface area contributed by atoms with Gasteiger partial charge >= 0.3 is 0 Å². The second kappa shape index (κ2) is 5.99. The molecular formula is C13H26N2O. The summed E-state index contributed by atoms with van der Waals surface area (Å²) >= 11 is 0. The zero-order valence-corrected chi connectivity index (χ0v) is 10.4. The highest BCUT2D eigenvalue weighted by Gasteiger charge is 2.23. The molecule has 94 valence electrons. The first-order valence-corrected chi connectivity index (χ1v) is 6.91. The molecule has 0 bridgehead atoms. The van der Waals surface area contributed by atoms with Gasteiger partial charge in [-0.05, 0) is 58.4 Å². The first kappa shape index (κ1) is 12.3. The second-order valence-electron chi connectivity index (χ2n) is 5.61. The van der Waals surface area contributed by atoms with Crippen LogP contribution in [0.5, 0.6) is 0 Å². The maximum Gasteiger partial charge on any atom is 0.0555 e. The molecule has 0 spiro atoms. The molecule has 16 heavy (non-hydrogen) atoms. The molecule has 1 heterocycles. The Morgan fingerprint density at radius 1 is 1.31 bits per heavy atom. The van der Waals surface area contributed by atoms with Gasteiger partial charge in [-0.3, -0.25) is 0 Å². The van der Waals surface area contributed by atoms with Crippen LogP contribution in [0.25, 0.3) is 0 Å². The predicted octanol–water partition coefficient (Wildman–Crippen LogP) is 1.41. The Morgan fingerprint density at radius 3 is 2.88 bits per heavy atom. The number of rotatable bonds is 4. The van der Waals surface area contributed by atoms with Gasteiger partial charge in [-0.2, -0.15) is 0 Å². The van der Waals surface area contributed by atoms with E-state index in [9.17, 15) is 5.11 Å². The molecule has 3 heteroatoms. The highest BCUT2D eigenvalue weighted by atomic mass is 16.3. The first-order valence-electron chi connectivity index (χ1n) is 6.91. The van der Waals surface area contributed by atoms with E-state index in [0.29, 0.717) is 12.1 Å². The summed E-state index contributed by atoms with van der Waals surface area (Å²) in [6.07, 6.45) is 8.18. The molecule has 0 radical (unpaired) electrons. The summed E-state index contributed by atoms with van der Waals surface area (Å²) in [4.78, 5) is 0. The van der Waals surface area contributed by atoms with Gasteiger partial charge < -0.3 is 15.7 Å². The second-order valence-corrected chi connectivity index (χ2v) is 5.61. The van der Waals surface area contributed by atoms with Crippen molar-refractivity contribution in [3.8, 4) is 0 Å². The van der Waals surface area contributed by atoms with E-state index in [0.717, 1.165) is 18.9 Å². The number of nitrogens with one attached hydrogen (secondary N) is 2. The molecule has 0 aromatic rings. The third-order valence-corrected chi connectivity index (χ3v) is 3.97. The van der Waals surface area contributed by atoms with Gasteiger partial charge in [0.15, 0.2) is 0 Å². The highest BCUT2D eigenvalue weighted by Crippen LogP contribution is 2.19. The topological polar surface area (TPSA) is 44.3 Å². The molecule has 0 aromatic heterocycles. The minimum atomic E-state index is -0.0666. The standard InChI is InChI=1S/C13H26N2O/c1-10(8-11-5-3-7-14-11)15-12-4-2-6-13(16)9-12/h10-16H,2-9H2,1H3. The van der Waals surface area contributed by atoms with Crippen LogP contribution in [0, 0.1) is 0 Å². The van der Waals surface area contributed by atoms with Crippen molar-refractivity contribution in [3.63, 3.8) is 0 Å². The average Bonchev–Trinajstić information content (AvgIpc) is 2.70. The van der Waals surface area contributed by atoms with E-state index < -0.39 is 0 Å². The quantitative estimate of drug-likeness (QED) is 0.679. The lowest BCUT2D eigenvalue weighted by molar-refractivity contribution is 0.108. The third-order valence-electron chi connectivity index (χ3n) is 3.97. The summed E-state index contributed by atoms with van der Waals surface area (Å²) in [5, 5.41) is 16.8. The molecule has 1 aliphatic carbocycles. The molecule has 4 unspecified atom stereocenters. The van der Waals surface area contributed by atoms with Gasteiger partial charge in [-0.1, -0.05) is 0 Å².